The number of hydrogen-bond donors (Lipinski definition) is 0. The van der Waals surface area contributed by atoms with E-state index in [2.05, 4.69) is 188 Å². The number of fused-ring (bicyclic) bond motifs is 6. The average molecular weight is 736 g/mol. The van der Waals surface area contributed by atoms with E-state index >= 15 is 0 Å². The molecule has 0 amide bonds. The third kappa shape index (κ3) is 3.80. The quantitative estimate of drug-likeness (QED) is 0.160. The van der Waals surface area contributed by atoms with Crippen LogP contribution in [0.3, 0.4) is 0 Å². The molecule has 0 atom stereocenters. The van der Waals surface area contributed by atoms with Gasteiger partial charge in [0.25, 0.3) is 0 Å². The van der Waals surface area contributed by atoms with Crippen LogP contribution in [0.25, 0.3) is 66.1 Å². The minimum Gasteiger partial charge on any atom is -0.309 e. The summed E-state index contributed by atoms with van der Waals surface area (Å²) in [5.74, 6) is 0. The molecule has 4 heteroatoms. The van der Waals surface area contributed by atoms with Gasteiger partial charge in [-0.2, -0.15) is 0 Å². The third-order valence-corrected chi connectivity index (χ3v) is 9.16. The van der Waals surface area contributed by atoms with Crippen molar-refractivity contribution >= 4 is 88.8 Å². The van der Waals surface area contributed by atoms with Crippen LogP contribution in [0.4, 0.5) is 0 Å². The second kappa shape index (κ2) is 9.49. The summed E-state index contributed by atoms with van der Waals surface area (Å²) in [6.45, 7) is 0. The average Bonchev–Trinajstić information content (AvgIpc) is 3.49. The lowest BCUT2D eigenvalue weighted by atomic mass is 10.0. The number of aromatic nitrogens is 2. The van der Waals surface area contributed by atoms with Gasteiger partial charge >= 0.3 is 0 Å². The van der Waals surface area contributed by atoms with Gasteiger partial charge in [0, 0.05) is 40.1 Å². The normalized spacial score (nSPS) is 11.8. The van der Waals surface area contributed by atoms with Crippen molar-refractivity contribution in [2.24, 2.45) is 0 Å². The summed E-state index contributed by atoms with van der Waals surface area (Å²) in [5.41, 5.74) is 9.73. The Kier molecular flexibility index (Phi) is 5.74. The molecule has 2 nitrogen and oxygen atoms in total. The monoisotopic (exact) mass is 736 g/mol. The maximum absolute atomic E-state index is 2.42. The van der Waals surface area contributed by atoms with Gasteiger partial charge in [-0.15, -0.1) is 0 Å². The summed E-state index contributed by atoms with van der Waals surface area (Å²) in [7, 11) is 0. The van der Waals surface area contributed by atoms with Crippen molar-refractivity contribution in [2.45, 2.75) is 0 Å². The number of rotatable bonds is 3. The number of hydrogen-bond acceptors (Lipinski definition) is 0. The van der Waals surface area contributed by atoms with E-state index in [0.717, 1.165) is 0 Å². The second-order valence-corrected chi connectivity index (χ2v) is 12.6. The van der Waals surface area contributed by atoms with E-state index in [1.54, 1.807) is 0 Å². The van der Waals surface area contributed by atoms with Gasteiger partial charge in [-0.05, 0) is 141 Å². The third-order valence-electron chi connectivity index (χ3n) is 7.82. The summed E-state index contributed by atoms with van der Waals surface area (Å²) in [6.07, 6.45) is 0. The first-order chi connectivity index (χ1) is 19.7. The highest BCUT2D eigenvalue weighted by Gasteiger charge is 2.16. The molecule has 8 rings (SSSR count). The van der Waals surface area contributed by atoms with E-state index in [4.69, 9.17) is 0 Å². The Balaban J connectivity index is 1.38. The van der Waals surface area contributed by atoms with Crippen LogP contribution in [-0.2, 0) is 0 Å². The van der Waals surface area contributed by atoms with Crippen molar-refractivity contribution in [3.63, 3.8) is 0 Å². The summed E-state index contributed by atoms with van der Waals surface area (Å²) >= 11 is 4.84. The van der Waals surface area contributed by atoms with Gasteiger partial charge in [-0.25, -0.2) is 0 Å². The number of halogens is 2. The van der Waals surface area contributed by atoms with E-state index < -0.39 is 0 Å². The van der Waals surface area contributed by atoms with E-state index in [9.17, 15) is 0 Å². The number of nitrogens with zero attached hydrogens (tertiary/aromatic N) is 2. The SMILES string of the molecule is Ic1ccc2c(c1)c1cc(-c3ccc4c(c3)c3cc(I)ccc3n4-c3ccccc3)ccc1n2-c1ccccc1. The highest BCUT2D eigenvalue weighted by molar-refractivity contribution is 14.1. The first-order valence-electron chi connectivity index (χ1n) is 13.2. The van der Waals surface area contributed by atoms with Crippen molar-refractivity contribution in [3.8, 4) is 22.5 Å². The number of benzene rings is 6. The summed E-state index contributed by atoms with van der Waals surface area (Å²) in [5, 5.41) is 5.11. The Labute approximate surface area is 259 Å². The lowest BCUT2D eigenvalue weighted by Crippen LogP contribution is -1.93. The van der Waals surface area contributed by atoms with Crippen molar-refractivity contribution in [2.75, 3.05) is 0 Å². The Morgan fingerprint density at radius 2 is 0.700 bits per heavy atom. The van der Waals surface area contributed by atoms with Gasteiger partial charge < -0.3 is 9.13 Å². The molecule has 40 heavy (non-hydrogen) atoms. The molecule has 2 heterocycles. The van der Waals surface area contributed by atoms with Crippen LogP contribution in [0.2, 0.25) is 0 Å². The fourth-order valence-electron chi connectivity index (χ4n) is 6.06. The predicted octanol–water partition coefficient (Wildman–Crippen LogP) is 10.8. The van der Waals surface area contributed by atoms with E-state index in [-0.39, 0.29) is 0 Å². The molecule has 0 N–H and O–H groups in total. The van der Waals surface area contributed by atoms with Crippen LogP contribution in [0.1, 0.15) is 0 Å². The van der Waals surface area contributed by atoms with Gasteiger partial charge in [-0.1, -0.05) is 48.5 Å². The van der Waals surface area contributed by atoms with Crippen LogP contribution in [0, 0.1) is 7.14 Å². The summed E-state index contributed by atoms with van der Waals surface area (Å²) in [4.78, 5) is 0. The van der Waals surface area contributed by atoms with Gasteiger partial charge in [0.2, 0.25) is 0 Å². The maximum atomic E-state index is 2.42. The Morgan fingerprint density at radius 3 is 1.10 bits per heavy atom. The molecule has 0 aliphatic carbocycles. The molecule has 190 valence electrons. The summed E-state index contributed by atoms with van der Waals surface area (Å²) < 4.78 is 7.24. The fourth-order valence-corrected chi connectivity index (χ4v) is 7.04. The van der Waals surface area contributed by atoms with E-state index in [1.165, 1.54) is 73.3 Å². The van der Waals surface area contributed by atoms with Gasteiger partial charge in [0.15, 0.2) is 0 Å². The molecule has 8 aromatic rings. The molecule has 0 spiro atoms. The Morgan fingerprint density at radius 1 is 0.350 bits per heavy atom. The molecule has 0 unspecified atom stereocenters. The zero-order valence-electron chi connectivity index (χ0n) is 21.4. The maximum Gasteiger partial charge on any atom is 0.0541 e. The van der Waals surface area contributed by atoms with Gasteiger partial charge in [-0.3, -0.25) is 0 Å². The molecular weight excluding hydrogens is 714 g/mol. The minimum absolute atomic E-state index is 1.18. The zero-order chi connectivity index (χ0) is 26.8. The van der Waals surface area contributed by atoms with Crippen LogP contribution >= 0.6 is 45.2 Å². The Bertz CT molecular complexity index is 2060. The van der Waals surface area contributed by atoms with E-state index in [1.807, 2.05) is 0 Å². The van der Waals surface area contributed by atoms with Gasteiger partial charge in [0.05, 0.1) is 22.1 Å². The molecule has 0 aliphatic heterocycles. The molecule has 0 radical (unpaired) electrons. The lowest BCUT2D eigenvalue weighted by molar-refractivity contribution is 1.18. The molecule has 0 fully saturated rings. The molecular formula is C36H22I2N2. The predicted molar refractivity (Wildman–Crippen MR) is 186 cm³/mol. The zero-order valence-corrected chi connectivity index (χ0v) is 25.7. The second-order valence-electron chi connectivity index (χ2n) is 10.1. The lowest BCUT2D eigenvalue weighted by Gasteiger charge is -2.09. The van der Waals surface area contributed by atoms with E-state index in [0.29, 0.717) is 0 Å². The molecule has 0 aliphatic rings. The minimum atomic E-state index is 1.18. The van der Waals surface area contributed by atoms with Crippen LogP contribution in [0.15, 0.2) is 133 Å². The summed E-state index contributed by atoms with van der Waals surface area (Å²) in [6, 6.07) is 48.6. The standard InChI is InChI=1S/C36H22I2N2/c37-25-13-17-35-31(21-25)29-19-23(11-15-33(29)39(35)27-7-3-1-4-8-27)24-12-16-34-30(20-24)32-22-26(38)14-18-36(32)40(34)28-9-5-2-6-10-28/h1-22H. The van der Waals surface area contributed by atoms with Crippen LogP contribution in [0.5, 0.6) is 0 Å². The molecule has 0 bridgehead atoms. The molecule has 0 saturated carbocycles. The molecule has 0 saturated heterocycles. The van der Waals surface area contributed by atoms with Crippen molar-refractivity contribution in [3.05, 3.63) is 141 Å². The first kappa shape index (κ1) is 24.2. The number of para-hydroxylation sites is 2. The highest BCUT2D eigenvalue weighted by atomic mass is 127. The first-order valence-corrected chi connectivity index (χ1v) is 15.4. The highest BCUT2D eigenvalue weighted by Crippen LogP contribution is 2.38. The molecule has 6 aromatic carbocycles. The molecule has 2 aromatic heterocycles. The van der Waals surface area contributed by atoms with Gasteiger partial charge in [0.1, 0.15) is 0 Å². The largest absolute Gasteiger partial charge is 0.309 e. The topological polar surface area (TPSA) is 9.86 Å². The van der Waals surface area contributed by atoms with Crippen LogP contribution in [-0.4, -0.2) is 9.13 Å². The van der Waals surface area contributed by atoms with Crippen molar-refractivity contribution < 1.29 is 0 Å². The smallest absolute Gasteiger partial charge is 0.0541 e. The fraction of sp³-hybridized carbons (Fsp3) is 0. The van der Waals surface area contributed by atoms with Crippen molar-refractivity contribution in [1.29, 1.82) is 0 Å². The Hall–Kier alpha value is -3.62. The van der Waals surface area contributed by atoms with Crippen LogP contribution < -0.4 is 0 Å². The van der Waals surface area contributed by atoms with Crippen molar-refractivity contribution in [1.82, 2.24) is 9.13 Å².